The molecule has 26 heavy (non-hydrogen) atoms. The molecule has 140 valence electrons. The molecule has 0 N–H and O–H groups in total. The van der Waals surface area contributed by atoms with E-state index >= 15 is 0 Å². The summed E-state index contributed by atoms with van der Waals surface area (Å²) in [7, 11) is 0. The highest BCUT2D eigenvalue weighted by Crippen LogP contribution is 2.36. The minimum atomic E-state index is 0.0833. The molecular weight excluding hydrogens is 348 g/mol. The van der Waals surface area contributed by atoms with Crippen molar-refractivity contribution in [3.63, 3.8) is 0 Å². The number of carbonyl (C=O) groups is 2. The number of thiophene rings is 1. The van der Waals surface area contributed by atoms with Crippen molar-refractivity contribution in [3.05, 3.63) is 46.0 Å². The average Bonchev–Trinajstić information content (AvgIpc) is 3.41. The zero-order valence-electron chi connectivity index (χ0n) is 15.4. The fourth-order valence-electron chi connectivity index (χ4n) is 3.50. The number of aryl methyl sites for hydroxylation is 1. The molecule has 3 heterocycles. The summed E-state index contributed by atoms with van der Waals surface area (Å²) in [5, 5.41) is 0. The Balaban J connectivity index is 1.66. The first kappa shape index (κ1) is 18.7. The lowest BCUT2D eigenvalue weighted by Crippen LogP contribution is -2.30. The van der Waals surface area contributed by atoms with Crippen molar-refractivity contribution in [2.45, 2.75) is 45.6 Å². The molecule has 2 amide bonds. The SMILES string of the molecule is CCN(CC)C(=O)c1ccc(C2CCCN2C(=O)CCc2ccco2)s1. The van der Waals surface area contributed by atoms with Gasteiger partial charge in [0.05, 0.1) is 17.2 Å². The highest BCUT2D eigenvalue weighted by Gasteiger charge is 2.31. The van der Waals surface area contributed by atoms with E-state index in [1.807, 2.05) is 47.9 Å². The standard InChI is InChI=1S/C20H26N2O3S/c1-3-21(4-2)20(24)18-11-10-17(26-18)16-8-5-13-22(16)19(23)12-9-15-7-6-14-25-15/h6-7,10-11,14,16H,3-5,8-9,12-13H2,1-2H3. The Kier molecular flexibility index (Phi) is 6.14. The van der Waals surface area contributed by atoms with Gasteiger partial charge in [-0.05, 0) is 51.0 Å². The third-order valence-electron chi connectivity index (χ3n) is 4.96. The first-order chi connectivity index (χ1) is 12.6. The summed E-state index contributed by atoms with van der Waals surface area (Å²) in [4.78, 5) is 30.9. The van der Waals surface area contributed by atoms with Crippen LogP contribution < -0.4 is 0 Å². The van der Waals surface area contributed by atoms with Crippen LogP contribution in [-0.4, -0.2) is 41.2 Å². The van der Waals surface area contributed by atoms with Crippen LogP contribution in [0.3, 0.4) is 0 Å². The quantitative estimate of drug-likeness (QED) is 0.732. The molecule has 1 saturated heterocycles. The van der Waals surface area contributed by atoms with Crippen molar-refractivity contribution in [1.82, 2.24) is 9.80 Å². The Hall–Kier alpha value is -2.08. The van der Waals surface area contributed by atoms with E-state index < -0.39 is 0 Å². The van der Waals surface area contributed by atoms with E-state index in [9.17, 15) is 9.59 Å². The van der Waals surface area contributed by atoms with Crippen LogP contribution in [-0.2, 0) is 11.2 Å². The van der Waals surface area contributed by atoms with E-state index in [1.54, 1.807) is 6.26 Å². The Morgan fingerprint density at radius 3 is 2.77 bits per heavy atom. The number of hydrogen-bond donors (Lipinski definition) is 0. The Morgan fingerprint density at radius 1 is 1.27 bits per heavy atom. The molecule has 0 aromatic carbocycles. The van der Waals surface area contributed by atoms with Crippen LogP contribution in [0, 0.1) is 0 Å². The molecule has 0 radical (unpaired) electrons. The molecule has 0 spiro atoms. The van der Waals surface area contributed by atoms with E-state index in [-0.39, 0.29) is 17.9 Å². The van der Waals surface area contributed by atoms with Gasteiger partial charge in [0.15, 0.2) is 0 Å². The third-order valence-corrected chi connectivity index (χ3v) is 6.13. The summed E-state index contributed by atoms with van der Waals surface area (Å²) in [6.07, 6.45) is 4.70. The maximum atomic E-state index is 12.7. The predicted octanol–water partition coefficient (Wildman–Crippen LogP) is 4.12. The number of rotatable bonds is 7. The molecule has 0 bridgehead atoms. The van der Waals surface area contributed by atoms with Gasteiger partial charge in [-0.15, -0.1) is 11.3 Å². The van der Waals surface area contributed by atoms with Gasteiger partial charge in [0.2, 0.25) is 5.91 Å². The number of furan rings is 1. The van der Waals surface area contributed by atoms with Gasteiger partial charge in [0.1, 0.15) is 5.76 Å². The molecule has 2 aromatic rings. The van der Waals surface area contributed by atoms with Crippen LogP contribution in [0.5, 0.6) is 0 Å². The summed E-state index contributed by atoms with van der Waals surface area (Å²) >= 11 is 1.53. The van der Waals surface area contributed by atoms with Gasteiger partial charge >= 0.3 is 0 Å². The lowest BCUT2D eigenvalue weighted by molar-refractivity contribution is -0.132. The molecule has 1 aliphatic heterocycles. The number of hydrogen-bond acceptors (Lipinski definition) is 4. The molecule has 1 aliphatic rings. The highest BCUT2D eigenvalue weighted by molar-refractivity contribution is 7.14. The summed E-state index contributed by atoms with van der Waals surface area (Å²) in [5.41, 5.74) is 0. The van der Waals surface area contributed by atoms with Crippen LogP contribution in [0.2, 0.25) is 0 Å². The zero-order chi connectivity index (χ0) is 18.5. The molecule has 0 aliphatic carbocycles. The van der Waals surface area contributed by atoms with Crippen molar-refractivity contribution in [2.75, 3.05) is 19.6 Å². The smallest absolute Gasteiger partial charge is 0.263 e. The van der Waals surface area contributed by atoms with Gasteiger partial charge in [-0.2, -0.15) is 0 Å². The summed E-state index contributed by atoms with van der Waals surface area (Å²) < 4.78 is 5.32. The topological polar surface area (TPSA) is 53.8 Å². The first-order valence-corrected chi connectivity index (χ1v) is 10.2. The van der Waals surface area contributed by atoms with E-state index in [1.165, 1.54) is 11.3 Å². The van der Waals surface area contributed by atoms with Crippen molar-refractivity contribution < 1.29 is 14.0 Å². The molecule has 0 saturated carbocycles. The lowest BCUT2D eigenvalue weighted by Gasteiger charge is -2.24. The molecule has 5 nitrogen and oxygen atoms in total. The van der Waals surface area contributed by atoms with E-state index in [0.29, 0.717) is 25.9 Å². The Morgan fingerprint density at radius 2 is 2.08 bits per heavy atom. The number of likely N-dealkylation sites (tertiary alicyclic amines) is 1. The van der Waals surface area contributed by atoms with Crippen LogP contribution >= 0.6 is 11.3 Å². The number of nitrogens with zero attached hydrogens (tertiary/aromatic N) is 2. The maximum Gasteiger partial charge on any atom is 0.263 e. The van der Waals surface area contributed by atoms with Crippen LogP contribution in [0.25, 0.3) is 0 Å². The van der Waals surface area contributed by atoms with Crippen molar-refractivity contribution >= 4 is 23.2 Å². The van der Waals surface area contributed by atoms with E-state index in [4.69, 9.17) is 4.42 Å². The fraction of sp³-hybridized carbons (Fsp3) is 0.500. The van der Waals surface area contributed by atoms with E-state index in [0.717, 1.165) is 34.9 Å². The van der Waals surface area contributed by atoms with E-state index in [2.05, 4.69) is 0 Å². The summed E-state index contributed by atoms with van der Waals surface area (Å²) in [6.45, 7) is 6.20. The largest absolute Gasteiger partial charge is 0.469 e. The van der Waals surface area contributed by atoms with Gasteiger partial charge in [0, 0.05) is 37.4 Å². The first-order valence-electron chi connectivity index (χ1n) is 9.34. The molecule has 6 heteroatoms. The van der Waals surface area contributed by atoms with Crippen molar-refractivity contribution in [1.29, 1.82) is 0 Å². The monoisotopic (exact) mass is 374 g/mol. The highest BCUT2D eigenvalue weighted by atomic mass is 32.1. The molecule has 2 aromatic heterocycles. The van der Waals surface area contributed by atoms with Gasteiger partial charge in [-0.25, -0.2) is 0 Å². The second kappa shape index (κ2) is 8.54. The molecule has 1 unspecified atom stereocenters. The van der Waals surface area contributed by atoms with Crippen LogP contribution in [0.15, 0.2) is 34.9 Å². The molecule has 1 fully saturated rings. The number of amides is 2. The average molecular weight is 375 g/mol. The van der Waals surface area contributed by atoms with Crippen LogP contribution in [0.4, 0.5) is 0 Å². The minimum Gasteiger partial charge on any atom is -0.469 e. The predicted molar refractivity (Wildman–Crippen MR) is 102 cm³/mol. The molecular formula is C20H26N2O3S. The minimum absolute atomic E-state index is 0.0833. The molecule has 1 atom stereocenters. The lowest BCUT2D eigenvalue weighted by atomic mass is 10.1. The van der Waals surface area contributed by atoms with Gasteiger partial charge in [-0.3, -0.25) is 9.59 Å². The van der Waals surface area contributed by atoms with Crippen molar-refractivity contribution in [2.24, 2.45) is 0 Å². The van der Waals surface area contributed by atoms with Gasteiger partial charge in [-0.1, -0.05) is 0 Å². The van der Waals surface area contributed by atoms with Crippen molar-refractivity contribution in [3.8, 4) is 0 Å². The van der Waals surface area contributed by atoms with Gasteiger partial charge < -0.3 is 14.2 Å². The summed E-state index contributed by atoms with van der Waals surface area (Å²) in [5.74, 6) is 1.09. The third kappa shape index (κ3) is 4.01. The second-order valence-electron chi connectivity index (χ2n) is 6.50. The zero-order valence-corrected chi connectivity index (χ0v) is 16.3. The fourth-order valence-corrected chi connectivity index (χ4v) is 4.63. The maximum absolute atomic E-state index is 12.7. The molecule has 3 rings (SSSR count). The van der Waals surface area contributed by atoms with Crippen LogP contribution in [0.1, 0.15) is 59.5 Å². The second-order valence-corrected chi connectivity index (χ2v) is 7.62. The van der Waals surface area contributed by atoms with Gasteiger partial charge in [0.25, 0.3) is 5.91 Å². The number of carbonyl (C=O) groups excluding carboxylic acids is 2. The Bertz CT molecular complexity index is 734. The summed E-state index contributed by atoms with van der Waals surface area (Å²) in [6, 6.07) is 7.77. The normalized spacial score (nSPS) is 16.8. The Labute approximate surface area is 158 Å².